The summed E-state index contributed by atoms with van der Waals surface area (Å²) in [6.07, 6.45) is 14.3. The number of hydrogen-bond acceptors (Lipinski definition) is 2. The molecule has 1 N–H and O–H groups in total. The molecular weight excluding hydrogens is 208 g/mol. The Morgan fingerprint density at radius 2 is 2.18 bits per heavy atom. The smallest absolute Gasteiger partial charge is 0.0278 e. The molecule has 0 bridgehead atoms. The molecule has 1 heterocycles. The number of nitrogens with zero attached hydrogens (tertiary/aromatic N) is 1. The minimum absolute atomic E-state index is 0.715. The Morgan fingerprint density at radius 3 is 2.82 bits per heavy atom. The summed E-state index contributed by atoms with van der Waals surface area (Å²) >= 11 is 0. The highest BCUT2D eigenvalue weighted by molar-refractivity contribution is 4.99. The summed E-state index contributed by atoms with van der Waals surface area (Å²) in [7, 11) is 0. The van der Waals surface area contributed by atoms with Gasteiger partial charge in [0.1, 0.15) is 0 Å². The van der Waals surface area contributed by atoms with Crippen LogP contribution in [0.3, 0.4) is 0 Å². The summed E-state index contributed by atoms with van der Waals surface area (Å²) in [6.45, 7) is 6.04. The van der Waals surface area contributed by atoms with Crippen molar-refractivity contribution in [2.75, 3.05) is 19.6 Å². The van der Waals surface area contributed by atoms with Crippen LogP contribution in [0.25, 0.3) is 0 Å². The Labute approximate surface area is 106 Å². The minimum Gasteiger partial charge on any atom is -0.313 e. The molecule has 1 fully saturated rings. The highest BCUT2D eigenvalue weighted by atomic mass is 15.2. The van der Waals surface area contributed by atoms with E-state index >= 15 is 0 Å². The number of piperidine rings is 1. The van der Waals surface area contributed by atoms with Crippen LogP contribution in [0.1, 0.15) is 51.9 Å². The molecule has 0 aromatic heterocycles. The Morgan fingerprint density at radius 1 is 1.24 bits per heavy atom. The molecule has 2 nitrogen and oxygen atoms in total. The van der Waals surface area contributed by atoms with Crippen LogP contribution in [0.15, 0.2) is 12.2 Å². The van der Waals surface area contributed by atoms with Crippen molar-refractivity contribution >= 4 is 0 Å². The highest BCUT2D eigenvalue weighted by Crippen LogP contribution is 2.18. The Kier molecular flexibility index (Phi) is 5.53. The van der Waals surface area contributed by atoms with Gasteiger partial charge in [-0.25, -0.2) is 0 Å². The van der Waals surface area contributed by atoms with Gasteiger partial charge >= 0.3 is 0 Å². The lowest BCUT2D eigenvalue weighted by Crippen LogP contribution is -2.47. The quantitative estimate of drug-likeness (QED) is 0.738. The third kappa shape index (κ3) is 4.11. The van der Waals surface area contributed by atoms with Gasteiger partial charge in [0.05, 0.1) is 0 Å². The van der Waals surface area contributed by atoms with E-state index in [0.717, 1.165) is 6.04 Å². The summed E-state index contributed by atoms with van der Waals surface area (Å²) in [5.41, 5.74) is 0. The van der Waals surface area contributed by atoms with Gasteiger partial charge in [0, 0.05) is 18.6 Å². The molecule has 17 heavy (non-hydrogen) atoms. The van der Waals surface area contributed by atoms with E-state index in [0.29, 0.717) is 6.04 Å². The second kappa shape index (κ2) is 7.17. The topological polar surface area (TPSA) is 15.3 Å². The van der Waals surface area contributed by atoms with E-state index in [1.54, 1.807) is 0 Å². The van der Waals surface area contributed by atoms with Gasteiger partial charge in [0.25, 0.3) is 0 Å². The van der Waals surface area contributed by atoms with Crippen molar-refractivity contribution in [2.45, 2.75) is 64.0 Å². The molecule has 2 aliphatic rings. The first kappa shape index (κ1) is 13.1. The normalized spacial score (nSPS) is 29.8. The zero-order valence-corrected chi connectivity index (χ0v) is 11.3. The van der Waals surface area contributed by atoms with Crippen molar-refractivity contribution in [2.24, 2.45) is 0 Å². The van der Waals surface area contributed by atoms with Crippen molar-refractivity contribution in [1.29, 1.82) is 0 Å². The summed E-state index contributed by atoms with van der Waals surface area (Å²) in [5, 5.41) is 3.68. The van der Waals surface area contributed by atoms with Crippen LogP contribution in [-0.2, 0) is 0 Å². The lowest BCUT2D eigenvalue weighted by atomic mass is 9.99. The fraction of sp³-hybridized carbons (Fsp3) is 0.867. The van der Waals surface area contributed by atoms with E-state index in [4.69, 9.17) is 0 Å². The fourth-order valence-electron chi connectivity index (χ4n) is 3.14. The summed E-state index contributed by atoms with van der Waals surface area (Å²) in [6, 6.07) is 1.46. The molecule has 1 saturated heterocycles. The van der Waals surface area contributed by atoms with Crippen LogP contribution in [-0.4, -0.2) is 36.6 Å². The first-order valence-corrected chi connectivity index (χ1v) is 7.54. The predicted octanol–water partition coefficient (Wildman–Crippen LogP) is 2.95. The van der Waals surface area contributed by atoms with Gasteiger partial charge in [0.2, 0.25) is 0 Å². The van der Waals surface area contributed by atoms with Gasteiger partial charge in [-0.15, -0.1) is 0 Å². The third-order valence-corrected chi connectivity index (χ3v) is 4.08. The van der Waals surface area contributed by atoms with E-state index in [9.17, 15) is 0 Å². The monoisotopic (exact) mass is 236 g/mol. The number of hydrogen-bond donors (Lipinski definition) is 1. The molecule has 1 aliphatic heterocycles. The number of rotatable bonds is 5. The third-order valence-electron chi connectivity index (χ3n) is 4.08. The largest absolute Gasteiger partial charge is 0.313 e. The van der Waals surface area contributed by atoms with Crippen molar-refractivity contribution in [3.8, 4) is 0 Å². The van der Waals surface area contributed by atoms with Gasteiger partial charge < -0.3 is 5.32 Å². The summed E-state index contributed by atoms with van der Waals surface area (Å²) in [4.78, 5) is 2.71. The average molecular weight is 236 g/mol. The van der Waals surface area contributed by atoms with Crippen LogP contribution >= 0.6 is 0 Å². The van der Waals surface area contributed by atoms with Gasteiger partial charge in [0.15, 0.2) is 0 Å². The van der Waals surface area contributed by atoms with Crippen LogP contribution in [0.2, 0.25) is 0 Å². The van der Waals surface area contributed by atoms with Gasteiger partial charge in [-0.05, 0) is 51.6 Å². The molecule has 0 radical (unpaired) electrons. The molecule has 2 rings (SSSR count). The minimum atomic E-state index is 0.715. The van der Waals surface area contributed by atoms with E-state index in [2.05, 4.69) is 29.3 Å². The van der Waals surface area contributed by atoms with Crippen molar-refractivity contribution in [3.05, 3.63) is 12.2 Å². The Bertz CT molecular complexity index is 231. The Hall–Kier alpha value is -0.340. The predicted molar refractivity (Wildman–Crippen MR) is 74.3 cm³/mol. The molecular formula is C15H28N2. The second-order valence-corrected chi connectivity index (χ2v) is 5.57. The van der Waals surface area contributed by atoms with E-state index in [-0.39, 0.29) is 0 Å². The van der Waals surface area contributed by atoms with Crippen LogP contribution in [0, 0.1) is 0 Å². The molecule has 0 aromatic carbocycles. The van der Waals surface area contributed by atoms with E-state index in [1.807, 2.05) is 0 Å². The van der Waals surface area contributed by atoms with Crippen molar-refractivity contribution < 1.29 is 0 Å². The maximum atomic E-state index is 3.68. The second-order valence-electron chi connectivity index (χ2n) is 5.57. The van der Waals surface area contributed by atoms with Gasteiger partial charge in [-0.2, -0.15) is 0 Å². The molecule has 0 aromatic rings. The molecule has 0 saturated carbocycles. The summed E-state index contributed by atoms with van der Waals surface area (Å²) < 4.78 is 0. The standard InChI is InChI=1S/C15H28N2/c1-2-12-17(15-9-4-3-5-10-15)13-14-8-6-7-11-16-14/h4,9,14-16H,2-3,5-8,10-13H2,1H3. The van der Waals surface area contributed by atoms with E-state index in [1.165, 1.54) is 64.6 Å². The molecule has 0 amide bonds. The van der Waals surface area contributed by atoms with Gasteiger partial charge in [-0.3, -0.25) is 4.90 Å². The number of allylic oxidation sites excluding steroid dienone is 1. The first-order valence-electron chi connectivity index (χ1n) is 7.54. The van der Waals surface area contributed by atoms with Crippen LogP contribution < -0.4 is 5.32 Å². The zero-order chi connectivity index (χ0) is 11.9. The lowest BCUT2D eigenvalue weighted by Gasteiger charge is -2.35. The van der Waals surface area contributed by atoms with E-state index < -0.39 is 0 Å². The SMILES string of the molecule is CCCN(CC1CCCCN1)C1C=CCCC1. The Balaban J connectivity index is 1.86. The highest BCUT2D eigenvalue weighted by Gasteiger charge is 2.21. The molecule has 2 unspecified atom stereocenters. The maximum Gasteiger partial charge on any atom is 0.0278 e. The zero-order valence-electron chi connectivity index (χ0n) is 11.3. The summed E-state index contributed by atoms with van der Waals surface area (Å²) in [5.74, 6) is 0. The molecule has 2 heteroatoms. The van der Waals surface area contributed by atoms with Crippen molar-refractivity contribution in [3.63, 3.8) is 0 Å². The molecule has 2 atom stereocenters. The average Bonchev–Trinajstić information content (AvgIpc) is 2.40. The lowest BCUT2D eigenvalue weighted by molar-refractivity contribution is 0.180. The fourth-order valence-corrected chi connectivity index (χ4v) is 3.14. The van der Waals surface area contributed by atoms with Crippen LogP contribution in [0.5, 0.6) is 0 Å². The molecule has 1 aliphatic carbocycles. The van der Waals surface area contributed by atoms with Gasteiger partial charge in [-0.1, -0.05) is 25.5 Å². The first-order chi connectivity index (χ1) is 8.40. The van der Waals surface area contributed by atoms with Crippen LogP contribution in [0.4, 0.5) is 0 Å². The molecule has 98 valence electrons. The maximum absolute atomic E-state index is 3.68. The molecule has 0 spiro atoms. The van der Waals surface area contributed by atoms with Crippen molar-refractivity contribution in [1.82, 2.24) is 10.2 Å². The number of nitrogens with one attached hydrogen (secondary N) is 1.